The third kappa shape index (κ3) is 2.63. The van der Waals surface area contributed by atoms with Gasteiger partial charge in [-0.1, -0.05) is 17.7 Å². The number of aromatic hydroxyl groups is 1. The maximum absolute atomic E-state index is 11.8. The Labute approximate surface area is 113 Å². The number of phenolic OH excluding ortho intramolecular Hbond substituents is 1. The molecule has 0 aliphatic rings. The minimum atomic E-state index is -0.208. The maximum atomic E-state index is 11.8. The molecule has 0 amide bonds. The predicted octanol–water partition coefficient (Wildman–Crippen LogP) is 2.69. The van der Waals surface area contributed by atoms with Crippen molar-refractivity contribution in [2.75, 3.05) is 0 Å². The first-order valence-electron chi connectivity index (χ1n) is 5.27. The zero-order valence-corrected chi connectivity index (χ0v) is 11.2. The van der Waals surface area contributed by atoms with Gasteiger partial charge >= 0.3 is 0 Å². The summed E-state index contributed by atoms with van der Waals surface area (Å²) in [4.78, 5) is 17.2. The Morgan fingerprint density at radius 2 is 2.11 bits per heavy atom. The summed E-state index contributed by atoms with van der Waals surface area (Å²) in [6.07, 6.45) is 0.424. The number of nitrogens with one attached hydrogen (secondary N) is 2. The Morgan fingerprint density at radius 3 is 2.72 bits per heavy atom. The number of benzene rings is 1. The quantitative estimate of drug-likeness (QED) is 0.742. The van der Waals surface area contributed by atoms with Crippen LogP contribution in [-0.2, 0) is 6.42 Å². The van der Waals surface area contributed by atoms with Crippen LogP contribution in [0.15, 0.2) is 23.0 Å². The lowest BCUT2D eigenvalue weighted by Gasteiger charge is -2.06. The first-order chi connectivity index (χ1) is 8.47. The van der Waals surface area contributed by atoms with E-state index < -0.39 is 0 Å². The third-order valence-electron chi connectivity index (χ3n) is 2.65. The van der Waals surface area contributed by atoms with E-state index in [9.17, 15) is 9.90 Å². The zero-order valence-electron chi connectivity index (χ0n) is 9.58. The summed E-state index contributed by atoms with van der Waals surface area (Å²) in [5, 5.41) is 9.60. The Balaban J connectivity index is 2.43. The second-order valence-corrected chi connectivity index (χ2v) is 4.79. The van der Waals surface area contributed by atoms with E-state index in [1.54, 1.807) is 19.1 Å². The van der Waals surface area contributed by atoms with Crippen LogP contribution in [0.2, 0.25) is 5.02 Å². The van der Waals surface area contributed by atoms with E-state index in [1.807, 2.05) is 0 Å². The lowest BCUT2D eigenvalue weighted by molar-refractivity contribution is 0.475. The third-order valence-corrected chi connectivity index (χ3v) is 3.15. The standard InChI is InChI=1S/C12H11ClN2O2S/c1-6-8(11(17)15-12(18)14-6)4-7-2-3-10(16)9(13)5-7/h2-3,5,16H,4H2,1H3,(H2,14,15,17,18). The monoisotopic (exact) mass is 282 g/mol. The fourth-order valence-electron chi connectivity index (χ4n) is 1.70. The van der Waals surface area contributed by atoms with Crippen LogP contribution in [0.4, 0.5) is 0 Å². The number of H-pyrrole nitrogens is 2. The van der Waals surface area contributed by atoms with Crippen molar-refractivity contribution >= 4 is 23.8 Å². The van der Waals surface area contributed by atoms with E-state index in [4.69, 9.17) is 23.8 Å². The summed E-state index contributed by atoms with van der Waals surface area (Å²) in [5.74, 6) is 0.0264. The van der Waals surface area contributed by atoms with Gasteiger partial charge in [0.05, 0.1) is 5.02 Å². The molecular weight excluding hydrogens is 272 g/mol. The molecule has 2 aromatic rings. The van der Waals surface area contributed by atoms with E-state index in [0.29, 0.717) is 16.8 Å². The summed E-state index contributed by atoms with van der Waals surface area (Å²) >= 11 is 10.7. The minimum absolute atomic E-state index is 0.0264. The topological polar surface area (TPSA) is 68.9 Å². The van der Waals surface area contributed by atoms with E-state index in [0.717, 1.165) is 11.3 Å². The second kappa shape index (κ2) is 4.96. The first kappa shape index (κ1) is 12.9. The summed E-state index contributed by atoms with van der Waals surface area (Å²) < 4.78 is 0.310. The predicted molar refractivity (Wildman–Crippen MR) is 72.9 cm³/mol. The molecular formula is C12H11ClN2O2S. The molecule has 2 rings (SSSR count). The molecule has 0 aliphatic heterocycles. The fraction of sp³-hybridized carbons (Fsp3) is 0.167. The number of phenols is 1. The molecule has 0 bridgehead atoms. The largest absolute Gasteiger partial charge is 0.506 e. The summed E-state index contributed by atoms with van der Waals surface area (Å²) in [5.41, 5.74) is 1.97. The number of rotatable bonds is 2. The summed E-state index contributed by atoms with van der Waals surface area (Å²) in [6, 6.07) is 4.87. The van der Waals surface area contributed by atoms with Gasteiger partial charge in [0.15, 0.2) is 4.77 Å². The van der Waals surface area contributed by atoms with Crippen molar-refractivity contribution in [2.45, 2.75) is 13.3 Å². The zero-order chi connectivity index (χ0) is 13.3. The Bertz CT molecular complexity index is 706. The molecule has 0 aliphatic carbocycles. The van der Waals surface area contributed by atoms with Gasteiger partial charge in [-0.15, -0.1) is 0 Å². The number of aryl methyl sites for hydroxylation is 1. The lowest BCUT2D eigenvalue weighted by atomic mass is 10.1. The maximum Gasteiger partial charge on any atom is 0.255 e. The minimum Gasteiger partial charge on any atom is -0.506 e. The van der Waals surface area contributed by atoms with E-state index in [2.05, 4.69) is 9.97 Å². The fourth-order valence-corrected chi connectivity index (χ4v) is 2.15. The Kier molecular flexibility index (Phi) is 3.54. The molecule has 0 saturated heterocycles. The molecule has 18 heavy (non-hydrogen) atoms. The molecule has 0 spiro atoms. The van der Waals surface area contributed by atoms with Gasteiger partial charge in [0.1, 0.15) is 5.75 Å². The van der Waals surface area contributed by atoms with Crippen LogP contribution in [0.3, 0.4) is 0 Å². The molecule has 0 fully saturated rings. The number of aromatic nitrogens is 2. The number of halogens is 1. The van der Waals surface area contributed by atoms with Gasteiger partial charge in [0.2, 0.25) is 0 Å². The van der Waals surface area contributed by atoms with Crippen LogP contribution in [0.25, 0.3) is 0 Å². The van der Waals surface area contributed by atoms with Crippen LogP contribution in [0, 0.1) is 11.7 Å². The molecule has 0 unspecified atom stereocenters. The van der Waals surface area contributed by atoms with Crippen molar-refractivity contribution < 1.29 is 5.11 Å². The van der Waals surface area contributed by atoms with Gasteiger partial charge in [-0.3, -0.25) is 9.78 Å². The normalized spacial score (nSPS) is 10.6. The molecule has 6 heteroatoms. The first-order valence-corrected chi connectivity index (χ1v) is 6.05. The SMILES string of the molecule is Cc1[nH]c(=S)[nH]c(=O)c1Cc1ccc(O)c(Cl)c1. The molecule has 1 aromatic carbocycles. The van der Waals surface area contributed by atoms with Crippen LogP contribution in [0.1, 0.15) is 16.8 Å². The van der Waals surface area contributed by atoms with Gasteiger partial charge in [0.25, 0.3) is 5.56 Å². The van der Waals surface area contributed by atoms with E-state index in [-0.39, 0.29) is 16.3 Å². The average molecular weight is 283 g/mol. The number of hydrogen-bond acceptors (Lipinski definition) is 3. The average Bonchev–Trinajstić information content (AvgIpc) is 2.28. The number of hydrogen-bond donors (Lipinski definition) is 3. The van der Waals surface area contributed by atoms with Crippen LogP contribution in [0.5, 0.6) is 5.75 Å². The molecule has 0 saturated carbocycles. The van der Waals surface area contributed by atoms with Crippen LogP contribution in [-0.4, -0.2) is 15.1 Å². The van der Waals surface area contributed by atoms with Crippen molar-refractivity contribution in [3.05, 3.63) is 55.2 Å². The van der Waals surface area contributed by atoms with Crippen LogP contribution < -0.4 is 5.56 Å². The molecule has 3 N–H and O–H groups in total. The molecule has 1 aromatic heterocycles. The Hall–Kier alpha value is -1.59. The van der Waals surface area contributed by atoms with Gasteiger partial charge in [-0.2, -0.15) is 0 Å². The van der Waals surface area contributed by atoms with Crippen molar-refractivity contribution in [3.63, 3.8) is 0 Å². The summed E-state index contributed by atoms with van der Waals surface area (Å²) in [6.45, 7) is 1.79. The van der Waals surface area contributed by atoms with Gasteiger partial charge < -0.3 is 10.1 Å². The highest BCUT2D eigenvalue weighted by molar-refractivity contribution is 7.71. The lowest BCUT2D eigenvalue weighted by Crippen LogP contribution is -2.16. The Morgan fingerprint density at radius 1 is 1.39 bits per heavy atom. The van der Waals surface area contributed by atoms with Gasteiger partial charge in [0, 0.05) is 17.7 Å². The van der Waals surface area contributed by atoms with Gasteiger partial charge in [-0.05, 0) is 36.8 Å². The van der Waals surface area contributed by atoms with Crippen molar-refractivity contribution in [1.82, 2.24) is 9.97 Å². The second-order valence-electron chi connectivity index (χ2n) is 3.97. The highest BCUT2D eigenvalue weighted by atomic mass is 35.5. The number of aromatic amines is 2. The molecule has 4 nitrogen and oxygen atoms in total. The van der Waals surface area contributed by atoms with E-state index in [1.165, 1.54) is 6.07 Å². The smallest absolute Gasteiger partial charge is 0.255 e. The molecule has 94 valence electrons. The van der Waals surface area contributed by atoms with Crippen molar-refractivity contribution in [2.24, 2.45) is 0 Å². The van der Waals surface area contributed by atoms with Gasteiger partial charge in [-0.25, -0.2) is 0 Å². The highest BCUT2D eigenvalue weighted by Gasteiger charge is 2.07. The van der Waals surface area contributed by atoms with E-state index >= 15 is 0 Å². The molecule has 1 heterocycles. The van der Waals surface area contributed by atoms with Crippen LogP contribution >= 0.6 is 23.8 Å². The highest BCUT2D eigenvalue weighted by Crippen LogP contribution is 2.24. The summed E-state index contributed by atoms with van der Waals surface area (Å²) in [7, 11) is 0. The molecule has 0 radical (unpaired) electrons. The van der Waals surface area contributed by atoms with Crippen molar-refractivity contribution in [1.29, 1.82) is 0 Å². The molecule has 0 atom stereocenters. The van der Waals surface area contributed by atoms with Crippen molar-refractivity contribution in [3.8, 4) is 5.75 Å².